The number of carbonyl (C=O) groups is 3. The Bertz CT molecular complexity index is 1050. The second-order valence-electron chi connectivity index (χ2n) is 9.06. The molecule has 2 aliphatic carbocycles. The third-order valence-corrected chi connectivity index (χ3v) is 6.74. The van der Waals surface area contributed by atoms with Crippen molar-refractivity contribution in [1.29, 1.82) is 0 Å². The normalized spacial score (nSPS) is 20.0. The van der Waals surface area contributed by atoms with E-state index in [-0.39, 0.29) is 25.0 Å². The fourth-order valence-corrected chi connectivity index (χ4v) is 5.05. The van der Waals surface area contributed by atoms with Crippen molar-refractivity contribution in [3.05, 3.63) is 59.7 Å². The van der Waals surface area contributed by atoms with Crippen LogP contribution in [0.15, 0.2) is 48.5 Å². The molecule has 7 nitrogen and oxygen atoms in total. The predicted octanol–water partition coefficient (Wildman–Crippen LogP) is 4.31. The lowest BCUT2D eigenvalue weighted by Crippen LogP contribution is -2.47. The molecule has 1 saturated carbocycles. The molecule has 0 bridgehead atoms. The zero-order valence-electron chi connectivity index (χ0n) is 19.1. The third-order valence-electron chi connectivity index (χ3n) is 6.74. The number of hydrogen-bond acceptors (Lipinski definition) is 4. The maximum atomic E-state index is 12.6. The van der Waals surface area contributed by atoms with Gasteiger partial charge in [0.05, 0.1) is 0 Å². The summed E-state index contributed by atoms with van der Waals surface area (Å²) in [6.45, 7) is 0.171. The van der Waals surface area contributed by atoms with Gasteiger partial charge < -0.3 is 20.5 Å². The van der Waals surface area contributed by atoms with Gasteiger partial charge in [0.25, 0.3) is 0 Å². The first kappa shape index (κ1) is 24.6. The molecule has 2 aliphatic rings. The first-order valence-corrected chi connectivity index (χ1v) is 11.8. The molecule has 0 aliphatic heterocycles. The molecule has 4 rings (SSSR count). The van der Waals surface area contributed by atoms with Crippen LogP contribution in [0.25, 0.3) is 11.1 Å². The van der Waals surface area contributed by atoms with Crippen molar-refractivity contribution in [1.82, 2.24) is 10.6 Å². The Morgan fingerprint density at radius 2 is 1.63 bits per heavy atom. The lowest BCUT2D eigenvalue weighted by atomic mass is 9.85. The summed E-state index contributed by atoms with van der Waals surface area (Å²) in [5, 5.41) is 14.1. The lowest BCUT2D eigenvalue weighted by molar-refractivity contribution is -0.143. The number of nitrogens with one attached hydrogen (secondary N) is 2. The van der Waals surface area contributed by atoms with E-state index in [0.29, 0.717) is 19.3 Å². The summed E-state index contributed by atoms with van der Waals surface area (Å²) < 4.78 is 30.8. The van der Waals surface area contributed by atoms with Gasteiger partial charge in [-0.1, -0.05) is 55.0 Å². The first-order valence-electron chi connectivity index (χ1n) is 11.8. The molecule has 2 aromatic rings. The molecule has 1 unspecified atom stereocenters. The number of rotatable bonds is 8. The topological polar surface area (TPSA) is 105 Å². The summed E-state index contributed by atoms with van der Waals surface area (Å²) in [6, 6.07) is 14.1. The maximum absolute atomic E-state index is 12.6. The number of fused-ring (bicyclic) bond motifs is 3. The fraction of sp³-hybridized carbons (Fsp3) is 0.423. The monoisotopic (exact) mass is 486 g/mol. The summed E-state index contributed by atoms with van der Waals surface area (Å²) in [4.78, 5) is 36.2. The van der Waals surface area contributed by atoms with E-state index in [0.717, 1.165) is 22.3 Å². The van der Waals surface area contributed by atoms with Gasteiger partial charge in [0, 0.05) is 24.3 Å². The average molecular weight is 487 g/mol. The number of amides is 2. The number of halogens is 2. The zero-order chi connectivity index (χ0) is 24.9. The number of ether oxygens (including phenoxy) is 1. The van der Waals surface area contributed by atoms with E-state index >= 15 is 0 Å². The molecular weight excluding hydrogens is 458 g/mol. The van der Waals surface area contributed by atoms with Gasteiger partial charge in [-0.3, -0.25) is 4.79 Å². The molecule has 1 fully saturated rings. The Labute approximate surface area is 201 Å². The highest BCUT2D eigenvalue weighted by Gasteiger charge is 2.33. The van der Waals surface area contributed by atoms with Crippen molar-refractivity contribution in [2.45, 2.75) is 56.5 Å². The molecule has 0 aromatic heterocycles. The van der Waals surface area contributed by atoms with Gasteiger partial charge in [-0.25, -0.2) is 18.4 Å². The van der Waals surface area contributed by atoms with Crippen molar-refractivity contribution in [3.8, 4) is 11.1 Å². The summed E-state index contributed by atoms with van der Waals surface area (Å²) in [5.41, 5.74) is 4.47. The number of carboxylic acid groups (broad SMARTS) is 1. The fourth-order valence-electron chi connectivity index (χ4n) is 5.05. The van der Waals surface area contributed by atoms with E-state index in [1.165, 1.54) is 0 Å². The minimum Gasteiger partial charge on any atom is -0.480 e. The smallest absolute Gasteiger partial charge is 0.407 e. The van der Waals surface area contributed by atoms with Gasteiger partial charge in [0.15, 0.2) is 0 Å². The van der Waals surface area contributed by atoms with Crippen LogP contribution in [0.3, 0.4) is 0 Å². The van der Waals surface area contributed by atoms with E-state index in [1.807, 2.05) is 36.4 Å². The molecule has 2 aromatic carbocycles. The van der Waals surface area contributed by atoms with Crippen LogP contribution in [0.4, 0.5) is 13.6 Å². The van der Waals surface area contributed by atoms with E-state index in [4.69, 9.17) is 9.84 Å². The highest BCUT2D eigenvalue weighted by Crippen LogP contribution is 2.44. The molecule has 0 spiro atoms. The standard InChI is InChI=1S/C26H28F2N2O5/c27-23(28)13-22(25(32)33)30-24(31)15-6-5-7-16(12-15)29-26(34)35-14-21-19-10-3-1-8-17(19)18-9-2-4-11-20(18)21/h1-4,8-11,15-16,21-23H,5-7,12-14H2,(H,29,34)(H,30,31)(H,32,33)/t15-,16+,22?/m0/s1. The van der Waals surface area contributed by atoms with Gasteiger partial charge in [-0.2, -0.15) is 0 Å². The maximum Gasteiger partial charge on any atom is 0.407 e. The Morgan fingerprint density at radius 1 is 1.00 bits per heavy atom. The zero-order valence-corrected chi connectivity index (χ0v) is 19.1. The predicted molar refractivity (Wildman–Crippen MR) is 124 cm³/mol. The number of carboxylic acids is 1. The van der Waals surface area contributed by atoms with Gasteiger partial charge >= 0.3 is 12.1 Å². The van der Waals surface area contributed by atoms with Crippen LogP contribution in [-0.4, -0.2) is 48.2 Å². The van der Waals surface area contributed by atoms with Crippen LogP contribution >= 0.6 is 0 Å². The Balaban J connectivity index is 1.31. The number of aliphatic carboxylic acids is 1. The summed E-state index contributed by atoms with van der Waals surface area (Å²) >= 11 is 0. The minimum atomic E-state index is -2.84. The number of alkyl halides is 2. The van der Waals surface area contributed by atoms with E-state index < -0.39 is 42.8 Å². The number of alkyl carbamates (subject to hydrolysis) is 1. The van der Waals surface area contributed by atoms with Gasteiger partial charge in [-0.05, 0) is 41.5 Å². The molecule has 35 heavy (non-hydrogen) atoms. The Hall–Kier alpha value is -3.49. The highest BCUT2D eigenvalue weighted by atomic mass is 19.3. The van der Waals surface area contributed by atoms with Crippen molar-refractivity contribution in [3.63, 3.8) is 0 Å². The molecule has 0 saturated heterocycles. The number of hydrogen-bond donors (Lipinski definition) is 3. The van der Waals surface area contributed by atoms with Crippen LogP contribution in [0.5, 0.6) is 0 Å². The molecule has 0 heterocycles. The summed E-state index contributed by atoms with van der Waals surface area (Å²) in [7, 11) is 0. The quantitative estimate of drug-likeness (QED) is 0.516. The highest BCUT2D eigenvalue weighted by molar-refractivity contribution is 5.85. The minimum absolute atomic E-state index is 0.0687. The second-order valence-corrected chi connectivity index (χ2v) is 9.06. The third kappa shape index (κ3) is 5.78. The largest absolute Gasteiger partial charge is 0.480 e. The lowest BCUT2D eigenvalue weighted by Gasteiger charge is -2.29. The van der Waals surface area contributed by atoms with Crippen molar-refractivity contribution in [2.75, 3.05) is 6.61 Å². The molecule has 3 atom stereocenters. The Morgan fingerprint density at radius 3 is 2.23 bits per heavy atom. The molecule has 9 heteroatoms. The van der Waals surface area contributed by atoms with Crippen LogP contribution in [0.2, 0.25) is 0 Å². The van der Waals surface area contributed by atoms with Crippen molar-refractivity contribution < 1.29 is 33.0 Å². The molecular formula is C26H28F2N2O5. The molecule has 3 N–H and O–H groups in total. The van der Waals surface area contributed by atoms with Crippen LogP contribution < -0.4 is 10.6 Å². The van der Waals surface area contributed by atoms with Gasteiger partial charge in [0.2, 0.25) is 12.3 Å². The van der Waals surface area contributed by atoms with E-state index in [9.17, 15) is 23.2 Å². The number of benzene rings is 2. The Kier molecular flexibility index (Phi) is 7.63. The van der Waals surface area contributed by atoms with Gasteiger partial charge in [0.1, 0.15) is 12.6 Å². The molecule has 0 radical (unpaired) electrons. The summed E-state index contributed by atoms with van der Waals surface area (Å²) in [5.74, 6) is -2.72. The van der Waals surface area contributed by atoms with Gasteiger partial charge in [-0.15, -0.1) is 0 Å². The van der Waals surface area contributed by atoms with Crippen LogP contribution in [0, 0.1) is 5.92 Å². The number of carbonyl (C=O) groups excluding carboxylic acids is 2. The van der Waals surface area contributed by atoms with E-state index in [1.54, 1.807) is 0 Å². The average Bonchev–Trinajstić information content (AvgIpc) is 3.16. The molecule has 186 valence electrons. The van der Waals surface area contributed by atoms with Crippen LogP contribution in [-0.2, 0) is 14.3 Å². The summed E-state index contributed by atoms with van der Waals surface area (Å²) in [6.07, 6.45) is -2.31. The van der Waals surface area contributed by atoms with Crippen LogP contribution in [0.1, 0.15) is 49.1 Å². The second kappa shape index (κ2) is 10.8. The van der Waals surface area contributed by atoms with Crippen molar-refractivity contribution >= 4 is 18.0 Å². The SMILES string of the molecule is O=C(N[C@@H]1CCC[C@H](C(=O)NC(CC(F)F)C(=O)O)C1)OCC1c2ccccc2-c2ccccc21. The van der Waals surface area contributed by atoms with E-state index in [2.05, 4.69) is 22.8 Å². The first-order chi connectivity index (χ1) is 16.8. The van der Waals surface area contributed by atoms with Crippen molar-refractivity contribution in [2.24, 2.45) is 5.92 Å². The molecule has 2 amide bonds.